The molecule has 2 aliphatic heterocycles. The predicted molar refractivity (Wildman–Crippen MR) is 135 cm³/mol. The summed E-state index contributed by atoms with van der Waals surface area (Å²) in [4.78, 5) is 50.9. The highest BCUT2D eigenvalue weighted by Gasteiger charge is 2.45. The Kier molecular flexibility index (Phi) is 7.92. The number of likely N-dealkylation sites (tertiary alicyclic amines) is 1. The molecule has 0 spiro atoms. The van der Waals surface area contributed by atoms with Gasteiger partial charge in [0, 0.05) is 31.9 Å². The summed E-state index contributed by atoms with van der Waals surface area (Å²) in [7, 11) is 0. The molecule has 0 bridgehead atoms. The maximum atomic E-state index is 13.9. The minimum atomic E-state index is -0.635. The number of carbonyl (C=O) groups excluding carboxylic acids is 3. The molecule has 2 fully saturated rings. The molecule has 0 unspecified atom stereocenters. The summed E-state index contributed by atoms with van der Waals surface area (Å²) in [6.45, 7) is 6.44. The Balaban J connectivity index is 1.56. The Bertz CT molecular complexity index is 1090. The number of benzene rings is 1. The number of cyclic esters (lactones) is 1. The highest BCUT2D eigenvalue weighted by atomic mass is 79.9. The van der Waals surface area contributed by atoms with Gasteiger partial charge in [-0.15, -0.1) is 0 Å². The molecule has 0 aliphatic carbocycles. The molecule has 4 rings (SSSR count). The fourth-order valence-corrected chi connectivity index (χ4v) is 4.86. The number of halogens is 1. The first-order valence-electron chi connectivity index (χ1n) is 12.1. The van der Waals surface area contributed by atoms with Crippen LogP contribution in [0, 0.1) is 11.8 Å². The van der Waals surface area contributed by atoms with Crippen molar-refractivity contribution >= 4 is 34.0 Å². The third-order valence-corrected chi connectivity index (χ3v) is 6.76. The van der Waals surface area contributed by atoms with E-state index in [9.17, 15) is 14.4 Å². The maximum Gasteiger partial charge on any atom is 0.416 e. The Morgan fingerprint density at radius 3 is 2.56 bits per heavy atom. The summed E-state index contributed by atoms with van der Waals surface area (Å²) >= 11 is 3.34. The Morgan fingerprint density at radius 2 is 1.89 bits per heavy atom. The molecular weight excluding hydrogens is 528 g/mol. The van der Waals surface area contributed by atoms with E-state index < -0.39 is 29.7 Å². The second kappa shape index (κ2) is 10.9. The van der Waals surface area contributed by atoms with Gasteiger partial charge in [0.2, 0.25) is 5.91 Å². The summed E-state index contributed by atoms with van der Waals surface area (Å²) in [5.41, 5.74) is 0.406. The van der Waals surface area contributed by atoms with Crippen LogP contribution in [0.25, 0.3) is 0 Å². The van der Waals surface area contributed by atoms with E-state index in [0.29, 0.717) is 31.8 Å². The largest absolute Gasteiger partial charge is 0.447 e. The molecule has 2 aromatic rings. The summed E-state index contributed by atoms with van der Waals surface area (Å²) in [6, 6.07) is 9.31. The molecule has 0 N–H and O–H groups in total. The highest BCUT2D eigenvalue weighted by molar-refractivity contribution is 9.10. The summed E-state index contributed by atoms with van der Waals surface area (Å²) < 4.78 is 11.6. The smallest absolute Gasteiger partial charge is 0.416 e. The number of amides is 3. The molecular formula is C26H31BrN4O5. The first kappa shape index (κ1) is 26.1. The van der Waals surface area contributed by atoms with Crippen molar-refractivity contribution in [1.29, 1.82) is 0 Å². The van der Waals surface area contributed by atoms with Gasteiger partial charge in [0.05, 0.1) is 16.4 Å². The standard InChI is InChI=1S/C26H31BrN4O5/c1-26(2,3)36-24(33)30-10-9-18(15-30)21(12-22-28-13-19(27)14-29-22)23(32)31-20(16-35-25(31)34)11-17-7-5-4-6-8-17/h4-8,13-14,18,20-21H,9-12,15-16H2,1-3H3/t18-,20-,21-/m0/s1. The summed E-state index contributed by atoms with van der Waals surface area (Å²) in [5.74, 6) is -0.592. The van der Waals surface area contributed by atoms with Crippen molar-refractivity contribution < 1.29 is 23.9 Å². The van der Waals surface area contributed by atoms with E-state index in [1.807, 2.05) is 51.1 Å². The van der Waals surface area contributed by atoms with Gasteiger partial charge in [0.15, 0.2) is 0 Å². The third kappa shape index (κ3) is 6.40. The highest BCUT2D eigenvalue weighted by Crippen LogP contribution is 2.31. The molecule has 3 heterocycles. The van der Waals surface area contributed by atoms with Crippen molar-refractivity contribution in [3.8, 4) is 0 Å². The van der Waals surface area contributed by atoms with Crippen LogP contribution in [0.4, 0.5) is 9.59 Å². The second-order valence-corrected chi connectivity index (χ2v) is 11.1. The molecule has 3 amide bonds. The van der Waals surface area contributed by atoms with Crippen LogP contribution in [-0.4, -0.2) is 69.2 Å². The molecule has 10 heteroatoms. The lowest BCUT2D eigenvalue weighted by molar-refractivity contribution is -0.135. The van der Waals surface area contributed by atoms with Gasteiger partial charge in [-0.05, 0) is 61.0 Å². The number of ether oxygens (including phenoxy) is 2. The van der Waals surface area contributed by atoms with E-state index >= 15 is 0 Å². The van der Waals surface area contributed by atoms with Gasteiger partial charge < -0.3 is 14.4 Å². The van der Waals surface area contributed by atoms with Crippen LogP contribution < -0.4 is 0 Å². The number of imide groups is 1. The zero-order chi connectivity index (χ0) is 25.9. The van der Waals surface area contributed by atoms with Gasteiger partial charge in [-0.1, -0.05) is 30.3 Å². The lowest BCUT2D eigenvalue weighted by atomic mass is 9.86. The minimum Gasteiger partial charge on any atom is -0.447 e. The summed E-state index contributed by atoms with van der Waals surface area (Å²) in [5, 5.41) is 0. The van der Waals surface area contributed by atoms with E-state index in [2.05, 4.69) is 25.9 Å². The van der Waals surface area contributed by atoms with Crippen LogP contribution in [0.3, 0.4) is 0 Å². The van der Waals surface area contributed by atoms with E-state index in [-0.39, 0.29) is 24.9 Å². The van der Waals surface area contributed by atoms with Crippen LogP contribution >= 0.6 is 15.9 Å². The van der Waals surface area contributed by atoms with Crippen LogP contribution in [0.2, 0.25) is 0 Å². The molecule has 3 atom stereocenters. The topological polar surface area (TPSA) is 102 Å². The molecule has 36 heavy (non-hydrogen) atoms. The number of aromatic nitrogens is 2. The fourth-order valence-electron chi connectivity index (χ4n) is 4.65. The van der Waals surface area contributed by atoms with Crippen molar-refractivity contribution in [2.45, 2.75) is 51.7 Å². The number of rotatable bonds is 6. The first-order valence-corrected chi connectivity index (χ1v) is 12.9. The molecule has 0 saturated carbocycles. The fraction of sp³-hybridized carbons (Fsp3) is 0.500. The van der Waals surface area contributed by atoms with Crippen LogP contribution in [-0.2, 0) is 27.1 Å². The van der Waals surface area contributed by atoms with Gasteiger partial charge in [0.1, 0.15) is 18.0 Å². The van der Waals surface area contributed by atoms with Gasteiger partial charge in [-0.25, -0.2) is 24.5 Å². The number of hydrogen-bond donors (Lipinski definition) is 0. The van der Waals surface area contributed by atoms with Crippen LogP contribution in [0.15, 0.2) is 47.2 Å². The Labute approximate surface area is 219 Å². The minimum absolute atomic E-state index is 0.148. The summed E-state index contributed by atoms with van der Waals surface area (Å²) in [6.07, 6.45) is 3.60. The van der Waals surface area contributed by atoms with E-state index in [1.165, 1.54) is 4.90 Å². The van der Waals surface area contributed by atoms with Crippen molar-refractivity contribution in [3.63, 3.8) is 0 Å². The Morgan fingerprint density at radius 1 is 1.19 bits per heavy atom. The van der Waals surface area contributed by atoms with Gasteiger partial charge in [0.25, 0.3) is 0 Å². The van der Waals surface area contributed by atoms with E-state index in [4.69, 9.17) is 9.47 Å². The monoisotopic (exact) mass is 558 g/mol. The van der Waals surface area contributed by atoms with Crippen LogP contribution in [0.1, 0.15) is 38.6 Å². The predicted octanol–water partition coefficient (Wildman–Crippen LogP) is 4.24. The molecule has 2 aliphatic rings. The second-order valence-electron chi connectivity index (χ2n) is 10.2. The van der Waals surface area contributed by atoms with E-state index in [0.717, 1.165) is 10.0 Å². The number of nitrogens with zero attached hydrogens (tertiary/aromatic N) is 4. The SMILES string of the molecule is CC(C)(C)OC(=O)N1CC[C@H]([C@H](Cc2ncc(Br)cn2)C(=O)N2C(=O)OC[C@@H]2Cc2ccccc2)C1. The molecule has 192 valence electrons. The van der Waals surface area contributed by atoms with E-state index in [1.54, 1.807) is 17.3 Å². The molecule has 1 aromatic carbocycles. The lowest BCUT2D eigenvalue weighted by Gasteiger charge is -2.29. The third-order valence-electron chi connectivity index (χ3n) is 6.35. The van der Waals surface area contributed by atoms with Gasteiger partial charge in [-0.2, -0.15) is 0 Å². The van der Waals surface area contributed by atoms with Crippen molar-refractivity contribution in [2.24, 2.45) is 11.8 Å². The Hall–Kier alpha value is -3.01. The molecule has 0 radical (unpaired) electrons. The first-order chi connectivity index (χ1) is 17.1. The van der Waals surface area contributed by atoms with Gasteiger partial charge >= 0.3 is 12.2 Å². The normalized spacial score (nSPS) is 20.8. The lowest BCUT2D eigenvalue weighted by Crippen LogP contribution is -2.46. The average molecular weight is 559 g/mol. The van der Waals surface area contributed by atoms with Crippen molar-refractivity contribution in [2.75, 3.05) is 19.7 Å². The van der Waals surface area contributed by atoms with Crippen molar-refractivity contribution in [1.82, 2.24) is 19.8 Å². The quantitative estimate of drug-likeness (QED) is 0.522. The number of carbonyl (C=O) groups is 3. The van der Waals surface area contributed by atoms with Crippen molar-refractivity contribution in [3.05, 3.63) is 58.6 Å². The molecule has 2 saturated heterocycles. The average Bonchev–Trinajstić information content (AvgIpc) is 3.45. The van der Waals surface area contributed by atoms with Gasteiger partial charge in [-0.3, -0.25) is 4.79 Å². The maximum absolute atomic E-state index is 13.9. The zero-order valence-corrected chi connectivity index (χ0v) is 22.3. The molecule has 9 nitrogen and oxygen atoms in total. The zero-order valence-electron chi connectivity index (χ0n) is 20.7. The van der Waals surface area contributed by atoms with Crippen LogP contribution in [0.5, 0.6) is 0 Å². The number of hydrogen-bond acceptors (Lipinski definition) is 7. The molecule has 1 aromatic heterocycles.